The fraction of sp³-hybridized carbons (Fsp3) is 0.0154. The van der Waals surface area contributed by atoms with Crippen molar-refractivity contribution >= 4 is 32.3 Å². The molecule has 0 aliphatic heterocycles. The van der Waals surface area contributed by atoms with Gasteiger partial charge in [0, 0.05) is 16.7 Å². The predicted octanol–water partition coefficient (Wildman–Crippen LogP) is 16.6. The van der Waals surface area contributed by atoms with Crippen LogP contribution in [0.15, 0.2) is 255 Å². The van der Waals surface area contributed by atoms with Crippen LogP contribution in [0.1, 0.15) is 22.3 Å². The molecule has 0 unspecified atom stereocenters. The first-order valence-electron chi connectivity index (χ1n) is 23.1. The first-order chi connectivity index (χ1) is 33.2. The lowest BCUT2D eigenvalue weighted by Gasteiger charge is -2.35. The van der Waals surface area contributed by atoms with Gasteiger partial charge in [-0.3, -0.25) is 0 Å². The molecule has 0 saturated heterocycles. The summed E-state index contributed by atoms with van der Waals surface area (Å²) in [6.45, 7) is 0. The second-order valence-corrected chi connectivity index (χ2v) is 17.6. The molecule has 1 heterocycles. The van der Waals surface area contributed by atoms with Gasteiger partial charge in [-0.05, 0) is 100 Å². The number of fused-ring (bicyclic) bond motifs is 7. The van der Waals surface area contributed by atoms with Gasteiger partial charge < -0.3 is 0 Å². The van der Waals surface area contributed by atoms with Crippen molar-refractivity contribution in [2.75, 3.05) is 0 Å². The second-order valence-electron chi connectivity index (χ2n) is 17.6. The standard InChI is InChI=1S/C65H42N2/c1-4-17-43(18-5-1)44-31-37-48(38-32-44)64-66-60(46-33-35-47(36-34-46)62-53-26-13-11-20-49(53)41-58-52-25-12-10-19-45(52)39-40-55(58)62)42-61(67-64)57-29-16-28-56-54-27-14-15-30-59(54)65(63(56)57,50-21-6-2-7-22-50)51-23-8-3-9-24-51/h1-42H. The van der Waals surface area contributed by atoms with Gasteiger partial charge in [-0.1, -0.05) is 243 Å². The van der Waals surface area contributed by atoms with Crippen molar-refractivity contribution in [1.82, 2.24) is 9.97 Å². The van der Waals surface area contributed by atoms with Crippen LogP contribution in [0.25, 0.3) is 99.6 Å². The number of hydrogen-bond acceptors (Lipinski definition) is 2. The molecule has 0 bridgehead atoms. The average molecular weight is 851 g/mol. The molecule has 0 fully saturated rings. The van der Waals surface area contributed by atoms with Crippen LogP contribution in [-0.2, 0) is 5.41 Å². The highest BCUT2D eigenvalue weighted by Crippen LogP contribution is 2.58. The van der Waals surface area contributed by atoms with E-state index in [0.717, 1.165) is 33.6 Å². The van der Waals surface area contributed by atoms with Crippen LogP contribution >= 0.6 is 0 Å². The summed E-state index contributed by atoms with van der Waals surface area (Å²) in [6.07, 6.45) is 0. The van der Waals surface area contributed by atoms with E-state index < -0.39 is 5.41 Å². The largest absolute Gasteiger partial charge is 0.228 e. The zero-order chi connectivity index (χ0) is 44.3. The number of nitrogens with zero attached hydrogens (tertiary/aromatic N) is 2. The Morgan fingerprint density at radius 3 is 1.57 bits per heavy atom. The average Bonchev–Trinajstić information content (AvgIpc) is 3.72. The first-order valence-corrected chi connectivity index (χ1v) is 23.1. The van der Waals surface area contributed by atoms with Gasteiger partial charge in [0.25, 0.3) is 0 Å². The fourth-order valence-corrected chi connectivity index (χ4v) is 11.0. The van der Waals surface area contributed by atoms with Gasteiger partial charge in [-0.25, -0.2) is 9.97 Å². The highest BCUT2D eigenvalue weighted by molar-refractivity contribution is 6.20. The number of rotatable bonds is 7. The highest BCUT2D eigenvalue weighted by Gasteiger charge is 2.47. The molecule has 12 aromatic rings. The lowest BCUT2D eigenvalue weighted by Crippen LogP contribution is -2.29. The van der Waals surface area contributed by atoms with Crippen LogP contribution in [0.5, 0.6) is 0 Å². The quantitative estimate of drug-likeness (QED) is 0.118. The summed E-state index contributed by atoms with van der Waals surface area (Å²) in [5.41, 5.74) is 16.3. The van der Waals surface area contributed by atoms with Crippen molar-refractivity contribution in [1.29, 1.82) is 0 Å². The van der Waals surface area contributed by atoms with Crippen molar-refractivity contribution in [2.45, 2.75) is 5.41 Å². The van der Waals surface area contributed by atoms with Gasteiger partial charge >= 0.3 is 0 Å². The summed E-state index contributed by atoms with van der Waals surface area (Å²) in [5.74, 6) is 0.682. The van der Waals surface area contributed by atoms with Crippen molar-refractivity contribution in [3.8, 4) is 67.3 Å². The van der Waals surface area contributed by atoms with Crippen molar-refractivity contribution in [2.24, 2.45) is 0 Å². The molecule has 13 rings (SSSR count). The Morgan fingerprint density at radius 2 is 0.821 bits per heavy atom. The molecule has 1 aliphatic rings. The summed E-state index contributed by atoms with van der Waals surface area (Å²) in [6, 6.07) is 92.4. The number of hydrogen-bond donors (Lipinski definition) is 0. The minimum Gasteiger partial charge on any atom is -0.228 e. The molecule has 0 spiro atoms. The monoisotopic (exact) mass is 850 g/mol. The Labute approximate surface area is 390 Å². The van der Waals surface area contributed by atoms with E-state index in [-0.39, 0.29) is 0 Å². The predicted molar refractivity (Wildman–Crippen MR) is 279 cm³/mol. The Hall–Kier alpha value is -8.72. The summed E-state index contributed by atoms with van der Waals surface area (Å²) < 4.78 is 0. The molecule has 0 N–H and O–H groups in total. The minimum atomic E-state index is -0.595. The van der Waals surface area contributed by atoms with E-state index in [2.05, 4.69) is 255 Å². The van der Waals surface area contributed by atoms with Gasteiger partial charge in [0.1, 0.15) is 0 Å². The topological polar surface area (TPSA) is 25.8 Å². The molecule has 2 heteroatoms. The fourth-order valence-electron chi connectivity index (χ4n) is 11.0. The van der Waals surface area contributed by atoms with Gasteiger partial charge in [0.2, 0.25) is 0 Å². The van der Waals surface area contributed by atoms with E-state index in [9.17, 15) is 0 Å². The SMILES string of the molecule is c1ccc(-c2ccc(-c3nc(-c4ccc(-c5c6ccccc6cc6c5ccc5ccccc56)cc4)cc(-c4cccc5c4C(c4ccccc4)(c4ccccc4)c4ccccc4-5)n3)cc2)cc1. The molecule has 0 amide bonds. The Balaban J connectivity index is 1.03. The van der Waals surface area contributed by atoms with E-state index in [1.165, 1.54) is 82.4 Å². The molecule has 1 aliphatic carbocycles. The summed E-state index contributed by atoms with van der Waals surface area (Å²) in [4.78, 5) is 11.0. The Morgan fingerprint density at radius 1 is 0.284 bits per heavy atom. The van der Waals surface area contributed by atoms with Crippen LogP contribution in [0, 0.1) is 0 Å². The third kappa shape index (κ3) is 6.26. The van der Waals surface area contributed by atoms with Gasteiger partial charge in [-0.2, -0.15) is 0 Å². The normalized spacial score (nSPS) is 12.6. The maximum absolute atomic E-state index is 5.54. The highest BCUT2D eigenvalue weighted by atomic mass is 14.9. The maximum atomic E-state index is 5.54. The summed E-state index contributed by atoms with van der Waals surface area (Å²) in [7, 11) is 0. The molecular weight excluding hydrogens is 809 g/mol. The van der Waals surface area contributed by atoms with Crippen LogP contribution in [0.4, 0.5) is 0 Å². The zero-order valence-corrected chi connectivity index (χ0v) is 36.6. The van der Waals surface area contributed by atoms with E-state index in [1.807, 2.05) is 0 Å². The molecule has 1 aromatic heterocycles. The molecule has 2 nitrogen and oxygen atoms in total. The molecular formula is C65H42N2. The Kier molecular flexibility index (Phi) is 9.11. The van der Waals surface area contributed by atoms with E-state index in [1.54, 1.807) is 0 Å². The van der Waals surface area contributed by atoms with Crippen molar-refractivity contribution in [3.63, 3.8) is 0 Å². The first kappa shape index (κ1) is 38.7. The lowest BCUT2D eigenvalue weighted by molar-refractivity contribution is 0.769. The van der Waals surface area contributed by atoms with E-state index in [4.69, 9.17) is 9.97 Å². The lowest BCUT2D eigenvalue weighted by atomic mass is 9.66. The zero-order valence-electron chi connectivity index (χ0n) is 36.6. The third-order valence-corrected chi connectivity index (χ3v) is 14.0. The second kappa shape index (κ2) is 15.8. The van der Waals surface area contributed by atoms with Crippen LogP contribution in [-0.4, -0.2) is 9.97 Å². The van der Waals surface area contributed by atoms with Gasteiger partial charge in [0.05, 0.1) is 16.8 Å². The van der Waals surface area contributed by atoms with Crippen LogP contribution in [0.2, 0.25) is 0 Å². The smallest absolute Gasteiger partial charge is 0.160 e. The third-order valence-electron chi connectivity index (χ3n) is 14.0. The van der Waals surface area contributed by atoms with E-state index >= 15 is 0 Å². The molecule has 67 heavy (non-hydrogen) atoms. The number of aromatic nitrogens is 2. The Bertz CT molecular complexity index is 3780. The molecule has 0 radical (unpaired) electrons. The van der Waals surface area contributed by atoms with Crippen LogP contribution in [0.3, 0.4) is 0 Å². The van der Waals surface area contributed by atoms with E-state index in [0.29, 0.717) is 5.82 Å². The molecule has 11 aromatic carbocycles. The maximum Gasteiger partial charge on any atom is 0.160 e. The molecule has 0 saturated carbocycles. The summed E-state index contributed by atoms with van der Waals surface area (Å²) in [5, 5.41) is 7.49. The van der Waals surface area contributed by atoms with Gasteiger partial charge in [0.15, 0.2) is 5.82 Å². The summed E-state index contributed by atoms with van der Waals surface area (Å²) >= 11 is 0. The number of benzene rings is 11. The van der Waals surface area contributed by atoms with Gasteiger partial charge in [-0.15, -0.1) is 0 Å². The van der Waals surface area contributed by atoms with Crippen LogP contribution < -0.4 is 0 Å². The van der Waals surface area contributed by atoms with Crippen molar-refractivity contribution in [3.05, 3.63) is 277 Å². The minimum absolute atomic E-state index is 0.595. The van der Waals surface area contributed by atoms with Crippen molar-refractivity contribution < 1.29 is 0 Å². The molecule has 0 atom stereocenters. The molecule has 312 valence electrons.